The van der Waals surface area contributed by atoms with Crippen LogP contribution in [0.3, 0.4) is 0 Å². The molecule has 0 spiro atoms. The van der Waals surface area contributed by atoms with E-state index < -0.39 is 0 Å². The van der Waals surface area contributed by atoms with E-state index in [-0.39, 0.29) is 11.8 Å². The van der Waals surface area contributed by atoms with Crippen molar-refractivity contribution in [3.05, 3.63) is 34.9 Å². The van der Waals surface area contributed by atoms with Gasteiger partial charge in [0.2, 0.25) is 0 Å². The molecule has 118 valence electrons. The maximum absolute atomic E-state index is 12.8. The minimum atomic E-state index is -0.0453. The summed E-state index contributed by atoms with van der Waals surface area (Å²) >= 11 is 0. The molecular weight excluding hydrogens is 258 g/mol. The summed E-state index contributed by atoms with van der Waals surface area (Å²) in [6.45, 7) is 14.7. The minimum Gasteiger partial charge on any atom is -0.294 e. The van der Waals surface area contributed by atoms with E-state index in [1.807, 2.05) is 26.0 Å². The topological polar surface area (TPSA) is 20.3 Å². The second-order valence-corrected chi connectivity index (χ2v) is 6.13. The number of likely N-dealkylation sites (N-methyl/N-ethyl adjacent to an activating group) is 1. The van der Waals surface area contributed by atoms with Gasteiger partial charge >= 0.3 is 0 Å². The Kier molecular flexibility index (Phi) is 7.10. The molecule has 0 aliphatic carbocycles. The second-order valence-electron chi connectivity index (χ2n) is 6.13. The van der Waals surface area contributed by atoms with Crippen LogP contribution < -0.4 is 0 Å². The number of benzene rings is 1. The van der Waals surface area contributed by atoms with Crippen molar-refractivity contribution in [1.82, 2.24) is 4.90 Å². The van der Waals surface area contributed by atoms with Crippen LogP contribution in [0, 0.1) is 19.8 Å². The third-order valence-corrected chi connectivity index (χ3v) is 4.64. The van der Waals surface area contributed by atoms with E-state index in [1.165, 1.54) is 12.8 Å². The van der Waals surface area contributed by atoms with Gasteiger partial charge in [-0.15, -0.1) is 0 Å². The van der Waals surface area contributed by atoms with Gasteiger partial charge in [0.15, 0.2) is 5.78 Å². The van der Waals surface area contributed by atoms with Crippen LogP contribution in [0.15, 0.2) is 18.2 Å². The Hall–Kier alpha value is -1.15. The lowest BCUT2D eigenvalue weighted by Gasteiger charge is -2.30. The maximum atomic E-state index is 12.8. The van der Waals surface area contributed by atoms with Gasteiger partial charge in [0.05, 0.1) is 6.04 Å². The molecule has 0 saturated heterocycles. The Morgan fingerprint density at radius 3 is 2.29 bits per heavy atom. The zero-order chi connectivity index (χ0) is 16.0. The van der Waals surface area contributed by atoms with Gasteiger partial charge in [-0.25, -0.2) is 0 Å². The van der Waals surface area contributed by atoms with Gasteiger partial charge in [-0.05, 0) is 44.9 Å². The number of hydrogen-bond donors (Lipinski definition) is 0. The lowest BCUT2D eigenvalue weighted by molar-refractivity contribution is 0.0818. The van der Waals surface area contributed by atoms with Crippen molar-refractivity contribution in [2.45, 2.75) is 60.4 Å². The highest BCUT2D eigenvalue weighted by molar-refractivity contribution is 6.01. The first-order valence-corrected chi connectivity index (χ1v) is 8.29. The molecule has 0 radical (unpaired) electrons. The highest BCUT2D eigenvalue weighted by Gasteiger charge is 2.24. The summed E-state index contributed by atoms with van der Waals surface area (Å²) in [6, 6.07) is 6.10. The van der Waals surface area contributed by atoms with E-state index in [0.717, 1.165) is 29.8 Å². The summed E-state index contributed by atoms with van der Waals surface area (Å²) in [6.07, 6.45) is 2.36. The van der Waals surface area contributed by atoms with Gasteiger partial charge in [0.1, 0.15) is 0 Å². The molecule has 1 unspecified atom stereocenters. The van der Waals surface area contributed by atoms with Crippen molar-refractivity contribution in [1.29, 1.82) is 0 Å². The number of rotatable bonds is 8. The summed E-state index contributed by atoms with van der Waals surface area (Å²) in [4.78, 5) is 15.2. The van der Waals surface area contributed by atoms with Gasteiger partial charge in [0.25, 0.3) is 0 Å². The minimum absolute atomic E-state index is 0.0453. The average molecular weight is 289 g/mol. The summed E-state index contributed by atoms with van der Waals surface area (Å²) in [5.74, 6) is 0.933. The number of ketones is 1. The molecule has 0 aliphatic heterocycles. The van der Waals surface area contributed by atoms with Gasteiger partial charge in [-0.1, -0.05) is 51.3 Å². The molecule has 2 nitrogen and oxygen atoms in total. The zero-order valence-corrected chi connectivity index (χ0v) is 14.6. The number of carbonyl (C=O) groups excluding carboxylic acids is 1. The van der Waals surface area contributed by atoms with Crippen LogP contribution in [-0.4, -0.2) is 29.8 Å². The Morgan fingerprint density at radius 1 is 1.14 bits per heavy atom. The van der Waals surface area contributed by atoms with Crippen LogP contribution in [0.25, 0.3) is 0 Å². The van der Waals surface area contributed by atoms with Crippen molar-refractivity contribution in [2.24, 2.45) is 5.92 Å². The number of hydrogen-bond acceptors (Lipinski definition) is 2. The van der Waals surface area contributed by atoms with Crippen LogP contribution in [0.4, 0.5) is 0 Å². The maximum Gasteiger partial charge on any atom is 0.179 e. The number of carbonyl (C=O) groups is 1. The highest BCUT2D eigenvalue weighted by atomic mass is 16.1. The van der Waals surface area contributed by atoms with Crippen molar-refractivity contribution in [3.8, 4) is 0 Å². The highest BCUT2D eigenvalue weighted by Crippen LogP contribution is 2.18. The van der Waals surface area contributed by atoms with E-state index in [2.05, 4.69) is 38.7 Å². The van der Waals surface area contributed by atoms with Crippen molar-refractivity contribution < 1.29 is 4.79 Å². The lowest BCUT2D eigenvalue weighted by Crippen LogP contribution is -2.41. The molecule has 0 aromatic heterocycles. The quantitative estimate of drug-likeness (QED) is 0.650. The van der Waals surface area contributed by atoms with E-state index in [0.29, 0.717) is 5.92 Å². The third kappa shape index (κ3) is 4.67. The first-order chi connectivity index (χ1) is 9.94. The Bertz CT molecular complexity index is 463. The molecule has 0 amide bonds. The van der Waals surface area contributed by atoms with E-state index in [4.69, 9.17) is 0 Å². The molecule has 0 N–H and O–H groups in total. The predicted molar refractivity (Wildman–Crippen MR) is 91.0 cm³/mol. The van der Waals surface area contributed by atoms with Crippen LogP contribution in [0.2, 0.25) is 0 Å². The molecule has 0 saturated carbocycles. The van der Waals surface area contributed by atoms with Crippen LogP contribution >= 0.6 is 0 Å². The molecule has 0 heterocycles. The SMILES string of the molecule is CCC(CC)CN(CC)C(C)C(=O)c1cc(C)ccc1C. The molecule has 1 rings (SSSR count). The first-order valence-electron chi connectivity index (χ1n) is 8.29. The molecule has 2 heteroatoms. The van der Waals surface area contributed by atoms with E-state index in [1.54, 1.807) is 0 Å². The summed E-state index contributed by atoms with van der Waals surface area (Å²) in [7, 11) is 0. The summed E-state index contributed by atoms with van der Waals surface area (Å²) in [5, 5.41) is 0. The monoisotopic (exact) mass is 289 g/mol. The fraction of sp³-hybridized carbons (Fsp3) is 0.632. The molecule has 0 aliphatic rings. The van der Waals surface area contributed by atoms with Crippen molar-refractivity contribution in [3.63, 3.8) is 0 Å². The predicted octanol–water partition coefficient (Wildman–Crippen LogP) is 4.63. The van der Waals surface area contributed by atoms with Gasteiger partial charge < -0.3 is 0 Å². The standard InChI is InChI=1S/C19H31NO/c1-7-17(8-2)13-20(9-3)16(6)19(21)18-12-14(4)10-11-15(18)5/h10-12,16-17H,7-9,13H2,1-6H3. The lowest BCUT2D eigenvalue weighted by atomic mass is 9.96. The number of Topliss-reactive ketones (excluding diaryl/α,β-unsaturated/α-hetero) is 1. The Balaban J connectivity index is 2.91. The van der Waals surface area contributed by atoms with Gasteiger partial charge in [-0.3, -0.25) is 9.69 Å². The summed E-state index contributed by atoms with van der Waals surface area (Å²) < 4.78 is 0. The Morgan fingerprint density at radius 2 is 1.76 bits per heavy atom. The molecule has 0 fully saturated rings. The normalized spacial score (nSPS) is 13.0. The Labute approximate surface area is 130 Å². The fourth-order valence-corrected chi connectivity index (χ4v) is 2.83. The average Bonchev–Trinajstić information content (AvgIpc) is 2.49. The fourth-order valence-electron chi connectivity index (χ4n) is 2.83. The van der Waals surface area contributed by atoms with E-state index in [9.17, 15) is 4.79 Å². The van der Waals surface area contributed by atoms with Crippen LogP contribution in [-0.2, 0) is 0 Å². The molecule has 1 aromatic carbocycles. The molecule has 1 atom stereocenters. The molecule has 1 aromatic rings. The number of aryl methyl sites for hydroxylation is 2. The summed E-state index contributed by atoms with van der Waals surface area (Å²) in [5.41, 5.74) is 3.11. The number of nitrogens with zero attached hydrogens (tertiary/aromatic N) is 1. The van der Waals surface area contributed by atoms with Crippen molar-refractivity contribution >= 4 is 5.78 Å². The molecule has 21 heavy (non-hydrogen) atoms. The van der Waals surface area contributed by atoms with Crippen LogP contribution in [0.5, 0.6) is 0 Å². The smallest absolute Gasteiger partial charge is 0.179 e. The van der Waals surface area contributed by atoms with Crippen molar-refractivity contribution in [2.75, 3.05) is 13.1 Å². The van der Waals surface area contributed by atoms with Gasteiger partial charge in [0, 0.05) is 12.1 Å². The molecular formula is C19H31NO. The third-order valence-electron chi connectivity index (χ3n) is 4.64. The first kappa shape index (κ1) is 17.9. The van der Waals surface area contributed by atoms with E-state index >= 15 is 0 Å². The molecule has 0 bridgehead atoms. The van der Waals surface area contributed by atoms with Gasteiger partial charge in [-0.2, -0.15) is 0 Å². The largest absolute Gasteiger partial charge is 0.294 e. The second kappa shape index (κ2) is 8.33. The zero-order valence-electron chi connectivity index (χ0n) is 14.6. The van der Waals surface area contributed by atoms with Crippen LogP contribution in [0.1, 0.15) is 62.0 Å².